The van der Waals surface area contributed by atoms with E-state index < -0.39 is 5.91 Å². The number of nitrogens with zero attached hydrogens (tertiary/aromatic N) is 3. The number of fused-ring (bicyclic) bond motifs is 1. The molecule has 1 saturated carbocycles. The van der Waals surface area contributed by atoms with Crippen molar-refractivity contribution in [2.75, 3.05) is 11.4 Å². The van der Waals surface area contributed by atoms with Gasteiger partial charge in [0.2, 0.25) is 5.91 Å². The third kappa shape index (κ3) is 2.49. The minimum atomic E-state index is -0.407. The molecule has 1 amide bonds. The third-order valence-electron chi connectivity index (χ3n) is 4.02. The van der Waals surface area contributed by atoms with E-state index in [1.165, 1.54) is 0 Å². The van der Waals surface area contributed by atoms with Gasteiger partial charge >= 0.3 is 0 Å². The number of carbonyl (C=O) groups excluding carboxylic acids is 2. The second-order valence-electron chi connectivity index (χ2n) is 5.40. The molecule has 0 spiro atoms. The molecule has 6 heteroatoms. The lowest BCUT2D eigenvalue weighted by Crippen LogP contribution is -2.41. The van der Waals surface area contributed by atoms with Crippen LogP contribution in [0.25, 0.3) is 5.65 Å². The lowest BCUT2D eigenvalue weighted by Gasteiger charge is -2.28. The summed E-state index contributed by atoms with van der Waals surface area (Å²) in [4.78, 5) is 29.3. The summed E-state index contributed by atoms with van der Waals surface area (Å²) >= 11 is 0. The van der Waals surface area contributed by atoms with Crippen molar-refractivity contribution in [1.29, 1.82) is 0 Å². The van der Waals surface area contributed by atoms with E-state index in [0.717, 1.165) is 32.0 Å². The largest absolute Gasteiger partial charge is 0.368 e. The van der Waals surface area contributed by atoms with Gasteiger partial charge < -0.3 is 10.6 Å². The number of aromatic nitrogens is 2. The molecule has 0 saturated heterocycles. The first-order valence-corrected chi connectivity index (χ1v) is 7.18. The molecule has 0 atom stereocenters. The summed E-state index contributed by atoms with van der Waals surface area (Å²) in [7, 11) is 0. The number of primary amides is 1. The third-order valence-corrected chi connectivity index (χ3v) is 4.02. The van der Waals surface area contributed by atoms with Crippen molar-refractivity contribution in [3.05, 3.63) is 30.1 Å². The maximum absolute atomic E-state index is 11.5. The molecule has 21 heavy (non-hydrogen) atoms. The molecule has 110 valence electrons. The fourth-order valence-corrected chi connectivity index (χ4v) is 3.08. The van der Waals surface area contributed by atoms with Gasteiger partial charge in [-0.1, -0.05) is 18.9 Å². The molecule has 0 aromatic carbocycles. The Morgan fingerprint density at radius 2 is 2.19 bits per heavy atom. The van der Waals surface area contributed by atoms with E-state index in [2.05, 4.69) is 4.98 Å². The maximum Gasteiger partial charge on any atom is 0.237 e. The van der Waals surface area contributed by atoms with Gasteiger partial charge in [-0.25, -0.2) is 4.98 Å². The molecule has 3 rings (SSSR count). The Morgan fingerprint density at radius 1 is 1.43 bits per heavy atom. The van der Waals surface area contributed by atoms with Crippen LogP contribution in [-0.2, 0) is 4.79 Å². The first-order chi connectivity index (χ1) is 10.2. The molecule has 0 bridgehead atoms. The zero-order chi connectivity index (χ0) is 14.8. The molecule has 1 fully saturated rings. The first kappa shape index (κ1) is 13.6. The van der Waals surface area contributed by atoms with Crippen molar-refractivity contribution in [2.45, 2.75) is 31.7 Å². The van der Waals surface area contributed by atoms with E-state index in [1.54, 1.807) is 10.6 Å². The number of rotatable bonds is 5. The Morgan fingerprint density at radius 3 is 2.86 bits per heavy atom. The van der Waals surface area contributed by atoms with E-state index in [1.807, 2.05) is 23.1 Å². The summed E-state index contributed by atoms with van der Waals surface area (Å²) in [6, 6.07) is 5.78. The van der Waals surface area contributed by atoms with E-state index in [9.17, 15) is 9.59 Å². The predicted octanol–water partition coefficient (Wildman–Crippen LogP) is 1.38. The summed E-state index contributed by atoms with van der Waals surface area (Å²) in [5.41, 5.74) is 6.55. The zero-order valence-corrected chi connectivity index (χ0v) is 11.7. The number of hydrogen-bond donors (Lipinski definition) is 1. The van der Waals surface area contributed by atoms with Gasteiger partial charge in [-0.2, -0.15) is 0 Å². The van der Waals surface area contributed by atoms with Crippen molar-refractivity contribution in [3.8, 4) is 0 Å². The van der Waals surface area contributed by atoms with Crippen LogP contribution in [-0.4, -0.2) is 34.2 Å². The molecule has 6 nitrogen and oxygen atoms in total. The van der Waals surface area contributed by atoms with Gasteiger partial charge in [-0.05, 0) is 25.0 Å². The molecule has 0 unspecified atom stereocenters. The van der Waals surface area contributed by atoms with Crippen LogP contribution in [0.5, 0.6) is 0 Å². The number of amides is 1. The van der Waals surface area contributed by atoms with Crippen LogP contribution in [0.4, 0.5) is 5.82 Å². The topological polar surface area (TPSA) is 80.7 Å². The molecule has 2 heterocycles. The van der Waals surface area contributed by atoms with E-state index in [4.69, 9.17) is 5.73 Å². The van der Waals surface area contributed by atoms with Crippen LogP contribution in [0, 0.1) is 0 Å². The Labute approximate surface area is 122 Å². The molecule has 2 N–H and O–H groups in total. The molecule has 1 aliphatic carbocycles. The number of carbonyl (C=O) groups is 2. The van der Waals surface area contributed by atoms with Crippen LogP contribution in [0.2, 0.25) is 0 Å². The molecular weight excluding hydrogens is 268 g/mol. The lowest BCUT2D eigenvalue weighted by molar-refractivity contribution is -0.116. The molecule has 1 aliphatic rings. The quantitative estimate of drug-likeness (QED) is 0.842. The summed E-state index contributed by atoms with van der Waals surface area (Å²) in [5, 5.41) is 0. The fourth-order valence-electron chi connectivity index (χ4n) is 3.08. The van der Waals surface area contributed by atoms with Crippen LogP contribution in [0.1, 0.15) is 36.2 Å². The van der Waals surface area contributed by atoms with Crippen molar-refractivity contribution >= 4 is 23.7 Å². The molecule has 2 aromatic heterocycles. The van der Waals surface area contributed by atoms with Crippen molar-refractivity contribution in [3.63, 3.8) is 0 Å². The summed E-state index contributed by atoms with van der Waals surface area (Å²) < 4.78 is 1.74. The number of aldehydes is 1. The van der Waals surface area contributed by atoms with Gasteiger partial charge in [-0.15, -0.1) is 0 Å². The predicted molar refractivity (Wildman–Crippen MR) is 79.4 cm³/mol. The van der Waals surface area contributed by atoms with Crippen LogP contribution < -0.4 is 10.6 Å². The highest BCUT2D eigenvalue weighted by Crippen LogP contribution is 2.29. The lowest BCUT2D eigenvalue weighted by atomic mass is 10.2. The van der Waals surface area contributed by atoms with Crippen LogP contribution in [0.15, 0.2) is 24.4 Å². The zero-order valence-electron chi connectivity index (χ0n) is 11.7. The number of anilines is 1. The smallest absolute Gasteiger partial charge is 0.237 e. The fraction of sp³-hybridized carbons (Fsp3) is 0.400. The normalized spacial score (nSPS) is 15.4. The van der Waals surface area contributed by atoms with Gasteiger partial charge in [-0.3, -0.25) is 14.0 Å². The number of nitrogens with two attached hydrogens (primary N) is 1. The Bertz CT molecular complexity index is 673. The number of hydrogen-bond acceptors (Lipinski definition) is 4. The average molecular weight is 286 g/mol. The molecule has 0 radical (unpaired) electrons. The molecule has 2 aromatic rings. The minimum absolute atomic E-state index is 0.0926. The highest BCUT2D eigenvalue weighted by atomic mass is 16.1. The Kier molecular flexibility index (Phi) is 3.60. The summed E-state index contributed by atoms with van der Waals surface area (Å²) in [5.74, 6) is 0.151. The summed E-state index contributed by atoms with van der Waals surface area (Å²) in [6.45, 7) is 0.0926. The first-order valence-electron chi connectivity index (χ1n) is 7.18. The van der Waals surface area contributed by atoms with Crippen molar-refractivity contribution in [2.24, 2.45) is 5.73 Å². The monoisotopic (exact) mass is 286 g/mol. The number of pyridine rings is 1. The van der Waals surface area contributed by atoms with Crippen molar-refractivity contribution in [1.82, 2.24) is 9.38 Å². The molecule has 0 aliphatic heterocycles. The SMILES string of the molecule is NC(=O)CN(c1nc2ccccn2c1C=O)C1CCCC1. The van der Waals surface area contributed by atoms with Crippen LogP contribution >= 0.6 is 0 Å². The Balaban J connectivity index is 2.09. The highest BCUT2D eigenvalue weighted by Gasteiger charge is 2.28. The van der Waals surface area contributed by atoms with Gasteiger partial charge in [0.15, 0.2) is 12.1 Å². The van der Waals surface area contributed by atoms with Crippen molar-refractivity contribution < 1.29 is 9.59 Å². The van der Waals surface area contributed by atoms with Gasteiger partial charge in [0, 0.05) is 12.2 Å². The van der Waals surface area contributed by atoms with E-state index in [-0.39, 0.29) is 12.6 Å². The second kappa shape index (κ2) is 5.55. The van der Waals surface area contributed by atoms with E-state index >= 15 is 0 Å². The second-order valence-corrected chi connectivity index (χ2v) is 5.40. The van der Waals surface area contributed by atoms with Crippen LogP contribution in [0.3, 0.4) is 0 Å². The van der Waals surface area contributed by atoms with Gasteiger partial charge in [0.05, 0.1) is 6.54 Å². The van der Waals surface area contributed by atoms with E-state index in [0.29, 0.717) is 17.2 Å². The Hall–Kier alpha value is -2.37. The average Bonchev–Trinajstić information content (AvgIpc) is 3.11. The summed E-state index contributed by atoms with van der Waals surface area (Å²) in [6.07, 6.45) is 6.84. The standard InChI is InChI=1S/C15H18N4O2/c16-13(21)9-19(11-5-1-2-6-11)15-12(10-20)18-8-4-3-7-14(18)17-15/h3-4,7-8,10-11H,1-2,5-6,9H2,(H2,16,21). The maximum atomic E-state index is 11.5. The minimum Gasteiger partial charge on any atom is -0.368 e. The van der Waals surface area contributed by atoms with Gasteiger partial charge in [0.1, 0.15) is 11.3 Å². The van der Waals surface area contributed by atoms with Gasteiger partial charge in [0.25, 0.3) is 0 Å². The highest BCUT2D eigenvalue weighted by molar-refractivity contribution is 5.86. The number of imidazole rings is 1. The molecular formula is C15H18N4O2.